The van der Waals surface area contributed by atoms with Crippen molar-refractivity contribution in [1.82, 2.24) is 10.2 Å². The van der Waals surface area contributed by atoms with Gasteiger partial charge in [-0.25, -0.2) is 8.42 Å². The summed E-state index contributed by atoms with van der Waals surface area (Å²) in [6.07, 6.45) is 1.06. The standard InChI is InChI=1S/C37H43N3O6S/c1-6-28(4)38-37(42)35(7-2)39(25-29-15-19-31(45-5)20-16-29)36(41)26-40(47(43,44)34-23-13-27(3)14-24-34)30-17-21-33(22-18-30)46-32-11-9-8-10-12-32/h8-24,28,35H,6-7,25-26H2,1-5H3,(H,38,42)/t28-,35+/m1/s1. The molecule has 0 aromatic heterocycles. The summed E-state index contributed by atoms with van der Waals surface area (Å²) in [6, 6.07) is 28.5. The topological polar surface area (TPSA) is 105 Å². The first kappa shape index (κ1) is 35.0. The monoisotopic (exact) mass is 657 g/mol. The fourth-order valence-electron chi connectivity index (χ4n) is 4.96. The van der Waals surface area contributed by atoms with Gasteiger partial charge in [-0.3, -0.25) is 13.9 Å². The molecule has 2 amide bonds. The van der Waals surface area contributed by atoms with Gasteiger partial charge in [0.1, 0.15) is 29.8 Å². The van der Waals surface area contributed by atoms with Crippen LogP contribution in [0.15, 0.2) is 108 Å². The van der Waals surface area contributed by atoms with Gasteiger partial charge in [0.2, 0.25) is 11.8 Å². The smallest absolute Gasteiger partial charge is 0.264 e. The number of benzene rings is 4. The van der Waals surface area contributed by atoms with E-state index < -0.39 is 28.5 Å². The van der Waals surface area contributed by atoms with E-state index in [1.54, 1.807) is 55.6 Å². The van der Waals surface area contributed by atoms with Crippen LogP contribution in [0.4, 0.5) is 5.69 Å². The summed E-state index contributed by atoms with van der Waals surface area (Å²) in [5.41, 5.74) is 1.95. The van der Waals surface area contributed by atoms with E-state index in [1.165, 1.54) is 17.0 Å². The molecule has 10 heteroatoms. The number of sulfonamides is 1. The molecule has 0 unspecified atom stereocenters. The van der Waals surface area contributed by atoms with E-state index in [9.17, 15) is 18.0 Å². The zero-order chi connectivity index (χ0) is 34.0. The first-order valence-electron chi connectivity index (χ1n) is 15.7. The maximum absolute atomic E-state index is 14.3. The van der Waals surface area contributed by atoms with Crippen LogP contribution in [-0.2, 0) is 26.2 Å². The molecule has 47 heavy (non-hydrogen) atoms. The third-order valence-corrected chi connectivity index (χ3v) is 9.68. The predicted molar refractivity (Wildman–Crippen MR) is 184 cm³/mol. The van der Waals surface area contributed by atoms with Gasteiger partial charge in [-0.1, -0.05) is 61.9 Å². The van der Waals surface area contributed by atoms with Gasteiger partial charge in [0.15, 0.2) is 0 Å². The molecule has 0 bridgehead atoms. The fraction of sp³-hybridized carbons (Fsp3) is 0.297. The van der Waals surface area contributed by atoms with Crippen molar-refractivity contribution in [3.63, 3.8) is 0 Å². The maximum Gasteiger partial charge on any atom is 0.264 e. The van der Waals surface area contributed by atoms with E-state index >= 15 is 0 Å². The minimum atomic E-state index is -4.20. The summed E-state index contributed by atoms with van der Waals surface area (Å²) in [5.74, 6) is 0.984. The molecule has 0 aliphatic heterocycles. The lowest BCUT2D eigenvalue weighted by Gasteiger charge is -2.33. The van der Waals surface area contributed by atoms with E-state index in [-0.39, 0.29) is 29.1 Å². The third-order valence-electron chi connectivity index (χ3n) is 7.89. The zero-order valence-corrected chi connectivity index (χ0v) is 28.4. The zero-order valence-electron chi connectivity index (χ0n) is 27.6. The van der Waals surface area contributed by atoms with Gasteiger partial charge in [-0.05, 0) is 92.9 Å². The highest BCUT2D eigenvalue weighted by Gasteiger charge is 2.34. The molecule has 4 aromatic rings. The van der Waals surface area contributed by atoms with Crippen LogP contribution in [0.2, 0.25) is 0 Å². The second-order valence-corrected chi connectivity index (χ2v) is 13.2. The van der Waals surface area contributed by atoms with Crippen molar-refractivity contribution in [2.75, 3.05) is 18.0 Å². The Kier molecular flexibility index (Phi) is 12.0. The summed E-state index contributed by atoms with van der Waals surface area (Å²) < 4.78 is 40.7. The molecule has 0 heterocycles. The summed E-state index contributed by atoms with van der Waals surface area (Å²) in [4.78, 5) is 29.4. The van der Waals surface area contributed by atoms with Gasteiger partial charge < -0.3 is 19.7 Å². The second kappa shape index (κ2) is 16.1. The number of carbonyl (C=O) groups is 2. The number of hydrogen-bond donors (Lipinski definition) is 1. The maximum atomic E-state index is 14.3. The van der Waals surface area contributed by atoms with Gasteiger partial charge in [0.05, 0.1) is 17.7 Å². The highest BCUT2D eigenvalue weighted by Crippen LogP contribution is 2.29. The summed E-state index contributed by atoms with van der Waals surface area (Å²) in [6.45, 7) is 7.14. The van der Waals surface area contributed by atoms with Crippen LogP contribution < -0.4 is 19.1 Å². The quantitative estimate of drug-likeness (QED) is 0.152. The summed E-state index contributed by atoms with van der Waals surface area (Å²) >= 11 is 0. The fourth-order valence-corrected chi connectivity index (χ4v) is 6.37. The number of ether oxygens (including phenoxy) is 2. The molecule has 248 valence electrons. The van der Waals surface area contributed by atoms with E-state index in [4.69, 9.17) is 9.47 Å². The van der Waals surface area contributed by atoms with Crippen LogP contribution >= 0.6 is 0 Å². The lowest BCUT2D eigenvalue weighted by molar-refractivity contribution is -0.140. The van der Waals surface area contributed by atoms with Crippen molar-refractivity contribution in [3.05, 3.63) is 114 Å². The first-order chi connectivity index (χ1) is 22.5. The van der Waals surface area contributed by atoms with Gasteiger partial charge in [-0.15, -0.1) is 0 Å². The molecule has 0 radical (unpaired) electrons. The van der Waals surface area contributed by atoms with E-state index in [2.05, 4.69) is 5.32 Å². The largest absolute Gasteiger partial charge is 0.497 e. The van der Waals surface area contributed by atoms with Crippen molar-refractivity contribution >= 4 is 27.5 Å². The van der Waals surface area contributed by atoms with Gasteiger partial charge in [-0.2, -0.15) is 0 Å². The van der Waals surface area contributed by atoms with Gasteiger partial charge in [0.25, 0.3) is 10.0 Å². The highest BCUT2D eigenvalue weighted by atomic mass is 32.2. The minimum absolute atomic E-state index is 0.0452. The van der Waals surface area contributed by atoms with Gasteiger partial charge in [0, 0.05) is 12.6 Å². The Balaban J connectivity index is 1.72. The van der Waals surface area contributed by atoms with Crippen LogP contribution in [-0.4, -0.2) is 50.9 Å². The molecule has 2 atom stereocenters. The molecule has 4 rings (SSSR count). The number of methoxy groups -OCH3 is 1. The number of hydrogen-bond acceptors (Lipinski definition) is 6. The summed E-state index contributed by atoms with van der Waals surface area (Å²) in [7, 11) is -2.63. The molecular formula is C37H43N3O6S. The lowest BCUT2D eigenvalue weighted by atomic mass is 10.1. The van der Waals surface area contributed by atoms with Crippen LogP contribution in [0, 0.1) is 6.92 Å². The SMILES string of the molecule is CC[C@@H](C)NC(=O)[C@H](CC)N(Cc1ccc(OC)cc1)C(=O)CN(c1ccc(Oc2ccccc2)cc1)S(=O)(=O)c1ccc(C)cc1. The predicted octanol–water partition coefficient (Wildman–Crippen LogP) is 6.71. The minimum Gasteiger partial charge on any atom is -0.497 e. The Hall–Kier alpha value is -4.83. The molecule has 0 aliphatic carbocycles. The van der Waals surface area contributed by atoms with Crippen molar-refractivity contribution in [2.24, 2.45) is 0 Å². The Morgan fingerprint density at radius 3 is 1.96 bits per heavy atom. The van der Waals surface area contributed by atoms with E-state index in [0.29, 0.717) is 23.7 Å². The van der Waals surface area contributed by atoms with Crippen LogP contribution in [0.3, 0.4) is 0 Å². The molecular weight excluding hydrogens is 614 g/mol. The Bertz CT molecular complexity index is 1710. The summed E-state index contributed by atoms with van der Waals surface area (Å²) in [5, 5.41) is 2.99. The molecule has 4 aromatic carbocycles. The molecule has 1 N–H and O–H groups in total. The molecule has 0 aliphatic rings. The highest BCUT2D eigenvalue weighted by molar-refractivity contribution is 7.92. The Morgan fingerprint density at radius 2 is 1.38 bits per heavy atom. The number of aryl methyl sites for hydroxylation is 1. The third kappa shape index (κ3) is 9.13. The van der Waals surface area contributed by atoms with Crippen molar-refractivity contribution < 1.29 is 27.5 Å². The number of rotatable bonds is 15. The van der Waals surface area contributed by atoms with Crippen LogP contribution in [0.1, 0.15) is 44.7 Å². The first-order valence-corrected chi connectivity index (χ1v) is 17.1. The van der Waals surface area contributed by atoms with Crippen molar-refractivity contribution in [3.8, 4) is 17.2 Å². The van der Waals surface area contributed by atoms with Crippen LogP contribution in [0.25, 0.3) is 0 Å². The number of para-hydroxylation sites is 1. The molecule has 0 fully saturated rings. The van der Waals surface area contributed by atoms with Crippen molar-refractivity contribution in [1.29, 1.82) is 0 Å². The number of amides is 2. The Morgan fingerprint density at radius 1 is 0.787 bits per heavy atom. The number of nitrogens with zero attached hydrogens (tertiary/aromatic N) is 2. The molecule has 0 saturated carbocycles. The second-order valence-electron chi connectivity index (χ2n) is 11.3. The number of carbonyl (C=O) groups excluding carboxylic acids is 2. The molecule has 0 saturated heterocycles. The van der Waals surface area contributed by atoms with E-state index in [1.807, 2.05) is 70.2 Å². The van der Waals surface area contributed by atoms with Gasteiger partial charge >= 0.3 is 0 Å². The average Bonchev–Trinajstić information content (AvgIpc) is 3.08. The number of nitrogens with one attached hydrogen (secondary N) is 1. The van der Waals surface area contributed by atoms with E-state index in [0.717, 1.165) is 21.9 Å². The number of anilines is 1. The lowest BCUT2D eigenvalue weighted by Crippen LogP contribution is -2.53. The average molecular weight is 658 g/mol. The molecule has 9 nitrogen and oxygen atoms in total. The molecule has 0 spiro atoms. The Labute approximate surface area is 278 Å². The van der Waals surface area contributed by atoms with Crippen molar-refractivity contribution in [2.45, 2.75) is 64.1 Å². The van der Waals surface area contributed by atoms with Crippen LogP contribution in [0.5, 0.6) is 17.2 Å². The normalized spacial score (nSPS) is 12.4.